The lowest BCUT2D eigenvalue weighted by Gasteiger charge is -2.31. The highest BCUT2D eigenvalue weighted by molar-refractivity contribution is 7.12. The fourth-order valence-corrected chi connectivity index (χ4v) is 2.89. The Hall–Kier alpha value is -1.07. The van der Waals surface area contributed by atoms with Gasteiger partial charge in [-0.3, -0.25) is 4.79 Å². The van der Waals surface area contributed by atoms with Crippen LogP contribution in [0.3, 0.4) is 0 Å². The average Bonchev–Trinajstić information content (AvgIpc) is 2.87. The predicted molar refractivity (Wildman–Crippen MR) is 68.6 cm³/mol. The van der Waals surface area contributed by atoms with Gasteiger partial charge in [0.2, 0.25) is 0 Å². The van der Waals surface area contributed by atoms with Crippen molar-refractivity contribution in [2.24, 2.45) is 11.7 Å². The molecular formula is C12H18N2O2S. The Labute approximate surface area is 105 Å². The average molecular weight is 254 g/mol. The molecule has 1 aliphatic heterocycles. The highest BCUT2D eigenvalue weighted by atomic mass is 32.1. The van der Waals surface area contributed by atoms with Crippen molar-refractivity contribution in [1.82, 2.24) is 4.90 Å². The van der Waals surface area contributed by atoms with E-state index in [4.69, 9.17) is 10.5 Å². The first-order chi connectivity index (χ1) is 8.24. The first-order valence-corrected chi connectivity index (χ1v) is 6.74. The Morgan fingerprint density at radius 1 is 1.59 bits per heavy atom. The molecule has 2 rings (SSSR count). The molecule has 0 unspecified atom stereocenters. The Kier molecular flexibility index (Phi) is 4.02. The molecule has 0 aliphatic carbocycles. The number of piperidine rings is 1. The Morgan fingerprint density at radius 3 is 2.82 bits per heavy atom. The molecule has 1 fully saturated rings. The fourth-order valence-electron chi connectivity index (χ4n) is 2.07. The zero-order chi connectivity index (χ0) is 12.3. The van der Waals surface area contributed by atoms with E-state index in [0.717, 1.165) is 43.1 Å². The minimum Gasteiger partial charge on any atom is -0.496 e. The number of hydrogen-bond donors (Lipinski definition) is 1. The molecule has 17 heavy (non-hydrogen) atoms. The lowest BCUT2D eigenvalue weighted by Crippen LogP contribution is -2.39. The summed E-state index contributed by atoms with van der Waals surface area (Å²) >= 11 is 1.44. The molecule has 0 bridgehead atoms. The summed E-state index contributed by atoms with van der Waals surface area (Å²) < 4.78 is 5.09. The molecule has 1 aliphatic rings. The second-order valence-electron chi connectivity index (χ2n) is 4.32. The molecule has 1 aromatic rings. The molecule has 0 spiro atoms. The van der Waals surface area contributed by atoms with Crippen LogP contribution in [0.2, 0.25) is 0 Å². The van der Waals surface area contributed by atoms with Crippen LogP contribution in [0.5, 0.6) is 5.75 Å². The minimum atomic E-state index is 0.119. The third-order valence-electron chi connectivity index (χ3n) is 3.26. The van der Waals surface area contributed by atoms with E-state index in [1.165, 1.54) is 11.3 Å². The van der Waals surface area contributed by atoms with Crippen molar-refractivity contribution in [2.75, 3.05) is 26.7 Å². The van der Waals surface area contributed by atoms with Crippen LogP contribution in [0.4, 0.5) is 0 Å². The SMILES string of the molecule is COc1csc(C(=O)N2CCC(CN)CC2)c1. The number of carbonyl (C=O) groups is 1. The second kappa shape index (κ2) is 5.51. The molecule has 0 atom stereocenters. The number of thiophene rings is 1. The lowest BCUT2D eigenvalue weighted by molar-refractivity contribution is 0.0698. The third-order valence-corrected chi connectivity index (χ3v) is 4.15. The van der Waals surface area contributed by atoms with E-state index in [-0.39, 0.29) is 5.91 Å². The number of amides is 1. The number of nitrogens with two attached hydrogens (primary N) is 1. The smallest absolute Gasteiger partial charge is 0.264 e. The minimum absolute atomic E-state index is 0.119. The van der Waals surface area contributed by atoms with E-state index in [2.05, 4.69) is 0 Å². The molecule has 5 heteroatoms. The highest BCUT2D eigenvalue weighted by Gasteiger charge is 2.23. The number of methoxy groups -OCH3 is 1. The standard InChI is InChI=1S/C12H18N2O2S/c1-16-10-6-11(17-8-10)12(15)14-4-2-9(7-13)3-5-14/h6,8-9H,2-5,7,13H2,1H3. The second-order valence-corrected chi connectivity index (χ2v) is 5.23. The summed E-state index contributed by atoms with van der Waals surface area (Å²) in [4.78, 5) is 14.8. The summed E-state index contributed by atoms with van der Waals surface area (Å²) in [5, 5.41) is 1.86. The monoisotopic (exact) mass is 254 g/mol. The predicted octanol–water partition coefficient (Wildman–Crippen LogP) is 1.57. The van der Waals surface area contributed by atoms with Crippen molar-refractivity contribution in [1.29, 1.82) is 0 Å². The van der Waals surface area contributed by atoms with Crippen LogP contribution in [0.25, 0.3) is 0 Å². The number of likely N-dealkylation sites (tertiary alicyclic amines) is 1. The van der Waals surface area contributed by atoms with Crippen LogP contribution in [0.15, 0.2) is 11.4 Å². The van der Waals surface area contributed by atoms with E-state index in [9.17, 15) is 4.79 Å². The van der Waals surface area contributed by atoms with E-state index in [1.54, 1.807) is 7.11 Å². The largest absolute Gasteiger partial charge is 0.496 e. The van der Waals surface area contributed by atoms with Gasteiger partial charge in [0, 0.05) is 24.5 Å². The van der Waals surface area contributed by atoms with Gasteiger partial charge in [-0.05, 0) is 25.3 Å². The van der Waals surface area contributed by atoms with Crippen LogP contribution in [0.1, 0.15) is 22.5 Å². The number of carbonyl (C=O) groups excluding carboxylic acids is 1. The maximum Gasteiger partial charge on any atom is 0.264 e. The van der Waals surface area contributed by atoms with Crippen LogP contribution >= 0.6 is 11.3 Å². The summed E-state index contributed by atoms with van der Waals surface area (Å²) in [7, 11) is 1.61. The third kappa shape index (κ3) is 2.79. The van der Waals surface area contributed by atoms with Gasteiger partial charge in [0.15, 0.2) is 0 Å². The van der Waals surface area contributed by atoms with E-state index < -0.39 is 0 Å². The maximum absolute atomic E-state index is 12.2. The zero-order valence-corrected chi connectivity index (χ0v) is 10.8. The molecule has 2 heterocycles. The van der Waals surface area contributed by atoms with Crippen molar-refractivity contribution in [3.05, 3.63) is 16.3 Å². The molecule has 1 amide bonds. The van der Waals surface area contributed by atoms with Gasteiger partial charge in [-0.1, -0.05) is 0 Å². The van der Waals surface area contributed by atoms with Gasteiger partial charge in [-0.15, -0.1) is 11.3 Å². The van der Waals surface area contributed by atoms with Gasteiger partial charge >= 0.3 is 0 Å². The van der Waals surface area contributed by atoms with E-state index in [1.807, 2.05) is 16.3 Å². The van der Waals surface area contributed by atoms with Crippen molar-refractivity contribution < 1.29 is 9.53 Å². The molecule has 0 aromatic carbocycles. The van der Waals surface area contributed by atoms with Gasteiger partial charge in [-0.2, -0.15) is 0 Å². The van der Waals surface area contributed by atoms with Crippen molar-refractivity contribution in [2.45, 2.75) is 12.8 Å². The molecule has 2 N–H and O–H groups in total. The van der Waals surface area contributed by atoms with Gasteiger partial charge in [-0.25, -0.2) is 0 Å². The summed E-state index contributed by atoms with van der Waals surface area (Å²) in [5.74, 6) is 1.46. The highest BCUT2D eigenvalue weighted by Crippen LogP contribution is 2.24. The van der Waals surface area contributed by atoms with Gasteiger partial charge < -0.3 is 15.4 Å². The lowest BCUT2D eigenvalue weighted by atomic mass is 9.97. The van der Waals surface area contributed by atoms with Gasteiger partial charge in [0.05, 0.1) is 12.0 Å². The zero-order valence-electron chi connectivity index (χ0n) is 10.0. The molecule has 4 nitrogen and oxygen atoms in total. The topological polar surface area (TPSA) is 55.6 Å². The molecule has 0 saturated carbocycles. The van der Waals surface area contributed by atoms with E-state index in [0.29, 0.717) is 5.92 Å². The molecule has 94 valence electrons. The summed E-state index contributed by atoms with van der Waals surface area (Å²) in [5.41, 5.74) is 5.64. The van der Waals surface area contributed by atoms with Crippen molar-refractivity contribution >= 4 is 17.2 Å². The Morgan fingerprint density at radius 2 is 2.29 bits per heavy atom. The normalized spacial score (nSPS) is 17.2. The van der Waals surface area contributed by atoms with Gasteiger partial charge in [0.25, 0.3) is 5.91 Å². The number of hydrogen-bond acceptors (Lipinski definition) is 4. The fraction of sp³-hybridized carbons (Fsp3) is 0.583. The van der Waals surface area contributed by atoms with Crippen LogP contribution < -0.4 is 10.5 Å². The summed E-state index contributed by atoms with van der Waals surface area (Å²) in [6.07, 6.45) is 2.04. The van der Waals surface area contributed by atoms with Crippen LogP contribution in [0, 0.1) is 5.92 Å². The number of rotatable bonds is 3. The Balaban J connectivity index is 1.96. The van der Waals surface area contributed by atoms with Gasteiger partial charge in [0.1, 0.15) is 5.75 Å². The van der Waals surface area contributed by atoms with Crippen LogP contribution in [-0.4, -0.2) is 37.6 Å². The Bertz CT molecular complexity index is 384. The van der Waals surface area contributed by atoms with E-state index >= 15 is 0 Å². The molecule has 0 radical (unpaired) electrons. The summed E-state index contributed by atoms with van der Waals surface area (Å²) in [6, 6.07) is 1.81. The number of ether oxygens (including phenoxy) is 1. The number of nitrogens with zero attached hydrogens (tertiary/aromatic N) is 1. The maximum atomic E-state index is 12.2. The molecular weight excluding hydrogens is 236 g/mol. The first-order valence-electron chi connectivity index (χ1n) is 5.86. The van der Waals surface area contributed by atoms with Crippen molar-refractivity contribution in [3.8, 4) is 5.75 Å². The quantitative estimate of drug-likeness (QED) is 0.890. The van der Waals surface area contributed by atoms with Crippen molar-refractivity contribution in [3.63, 3.8) is 0 Å². The summed E-state index contributed by atoms with van der Waals surface area (Å²) in [6.45, 7) is 2.37. The molecule has 1 aromatic heterocycles. The van der Waals surface area contributed by atoms with Crippen LogP contribution in [-0.2, 0) is 0 Å². The first kappa shape index (κ1) is 12.4. The molecule has 1 saturated heterocycles.